The van der Waals surface area contributed by atoms with Crippen molar-refractivity contribution in [2.24, 2.45) is 0 Å². The molecule has 2 amide bonds. The first-order valence-corrected chi connectivity index (χ1v) is 10.4. The Bertz CT molecular complexity index is 930. The molecule has 0 aromatic heterocycles. The zero-order chi connectivity index (χ0) is 22.2. The summed E-state index contributed by atoms with van der Waals surface area (Å²) in [4.78, 5) is 50.4. The lowest BCUT2D eigenvalue weighted by atomic mass is 10.1. The van der Waals surface area contributed by atoms with Crippen LogP contribution in [0.2, 0.25) is 0 Å². The van der Waals surface area contributed by atoms with E-state index in [4.69, 9.17) is 0 Å². The highest BCUT2D eigenvalue weighted by atomic mass is 16.4. The molecule has 1 fully saturated rings. The number of rotatable bonds is 9. The number of benzene rings is 2. The van der Waals surface area contributed by atoms with Gasteiger partial charge in [-0.3, -0.25) is 14.4 Å². The number of hydrogen-bond acceptors (Lipinski definition) is 4. The molecule has 31 heavy (non-hydrogen) atoms. The van der Waals surface area contributed by atoms with Crippen molar-refractivity contribution in [1.29, 1.82) is 0 Å². The monoisotopic (exact) mass is 422 g/mol. The first kappa shape index (κ1) is 22.2. The second-order valence-electron chi connectivity index (χ2n) is 7.61. The number of carbonyl (C=O) groups is 4. The maximum atomic E-state index is 12.8. The fourth-order valence-electron chi connectivity index (χ4n) is 3.76. The molecule has 0 radical (unpaired) electrons. The Labute approximate surface area is 181 Å². The number of unbranched alkanes of at least 4 members (excludes halogenated alkanes) is 2. The number of Topliss-reactive ketones (excluding diaryl/α,β-unsaturated/α-hetero) is 1. The lowest BCUT2D eigenvalue weighted by Crippen LogP contribution is -2.53. The minimum Gasteiger partial charge on any atom is -0.480 e. The number of aryl methyl sites for hydroxylation is 1. The number of nitrogens with one attached hydrogen (secondary N) is 1. The lowest BCUT2D eigenvalue weighted by Gasteiger charge is -2.27. The van der Waals surface area contributed by atoms with Crippen molar-refractivity contribution < 1.29 is 24.3 Å². The van der Waals surface area contributed by atoms with Crippen LogP contribution in [0, 0.1) is 0 Å². The van der Waals surface area contributed by atoms with Gasteiger partial charge in [0.25, 0.3) is 5.91 Å². The molecule has 2 atom stereocenters. The molecule has 1 unspecified atom stereocenters. The van der Waals surface area contributed by atoms with Gasteiger partial charge in [-0.1, -0.05) is 55.0 Å². The van der Waals surface area contributed by atoms with Gasteiger partial charge in [-0.2, -0.15) is 0 Å². The van der Waals surface area contributed by atoms with E-state index in [1.165, 1.54) is 5.56 Å². The molecule has 1 saturated heterocycles. The highest BCUT2D eigenvalue weighted by Gasteiger charge is 2.47. The maximum Gasteiger partial charge on any atom is 0.326 e. The van der Waals surface area contributed by atoms with Crippen LogP contribution < -0.4 is 5.32 Å². The van der Waals surface area contributed by atoms with Crippen molar-refractivity contribution in [3.8, 4) is 0 Å². The van der Waals surface area contributed by atoms with Crippen LogP contribution in [0.1, 0.15) is 48.0 Å². The molecule has 0 aliphatic carbocycles. The van der Waals surface area contributed by atoms with E-state index in [0.29, 0.717) is 12.0 Å². The number of aliphatic carboxylic acids is 1. The van der Waals surface area contributed by atoms with Crippen LogP contribution in [0.3, 0.4) is 0 Å². The van der Waals surface area contributed by atoms with Crippen LogP contribution in [-0.2, 0) is 20.8 Å². The molecule has 3 rings (SSSR count). The van der Waals surface area contributed by atoms with Gasteiger partial charge >= 0.3 is 5.97 Å². The van der Waals surface area contributed by atoms with Gasteiger partial charge in [-0.05, 0) is 37.0 Å². The second-order valence-corrected chi connectivity index (χ2v) is 7.61. The number of carboxylic acid groups (broad SMARTS) is 1. The molecule has 2 N–H and O–H groups in total. The number of hydrogen-bond donors (Lipinski definition) is 2. The van der Waals surface area contributed by atoms with Gasteiger partial charge in [0.1, 0.15) is 6.04 Å². The summed E-state index contributed by atoms with van der Waals surface area (Å²) in [6, 6.07) is 17.1. The Hall–Kier alpha value is -3.48. The van der Waals surface area contributed by atoms with Gasteiger partial charge in [0.2, 0.25) is 5.91 Å². The molecule has 162 valence electrons. The summed E-state index contributed by atoms with van der Waals surface area (Å²) in [7, 11) is 0. The predicted octanol–water partition coefficient (Wildman–Crippen LogP) is 2.80. The van der Waals surface area contributed by atoms with Gasteiger partial charge in [-0.15, -0.1) is 0 Å². The molecular formula is C24H26N2O5. The summed E-state index contributed by atoms with van der Waals surface area (Å²) < 4.78 is 0. The number of carbonyl (C=O) groups excluding carboxylic acids is 3. The maximum absolute atomic E-state index is 12.8. The predicted molar refractivity (Wildman–Crippen MR) is 114 cm³/mol. The Morgan fingerprint density at radius 1 is 0.935 bits per heavy atom. The first-order chi connectivity index (χ1) is 15.0. The number of carboxylic acids is 1. The Morgan fingerprint density at radius 2 is 1.58 bits per heavy atom. The smallest absolute Gasteiger partial charge is 0.326 e. The third kappa shape index (κ3) is 5.78. The number of likely N-dealkylation sites (tertiary alicyclic amines) is 1. The molecule has 1 heterocycles. The van der Waals surface area contributed by atoms with E-state index < -0.39 is 35.8 Å². The van der Waals surface area contributed by atoms with Crippen molar-refractivity contribution in [2.45, 2.75) is 50.7 Å². The Balaban J connectivity index is 1.58. The minimum atomic E-state index is -1.26. The van der Waals surface area contributed by atoms with Crippen LogP contribution in [0.4, 0.5) is 0 Å². The van der Waals surface area contributed by atoms with E-state index in [-0.39, 0.29) is 12.8 Å². The summed E-state index contributed by atoms with van der Waals surface area (Å²) in [5, 5.41) is 12.0. The molecule has 0 saturated carbocycles. The van der Waals surface area contributed by atoms with Gasteiger partial charge in [0, 0.05) is 18.4 Å². The van der Waals surface area contributed by atoms with Crippen LogP contribution in [0.15, 0.2) is 60.7 Å². The molecule has 0 bridgehead atoms. The highest BCUT2D eigenvalue weighted by Crippen LogP contribution is 2.23. The molecular weight excluding hydrogens is 396 g/mol. The fourth-order valence-corrected chi connectivity index (χ4v) is 3.76. The van der Waals surface area contributed by atoms with Gasteiger partial charge in [-0.25, -0.2) is 4.79 Å². The van der Waals surface area contributed by atoms with Crippen molar-refractivity contribution in [3.63, 3.8) is 0 Å². The standard InChI is InChI=1S/C24H26N2O5/c27-20-16-19(24(30)31)26(22(20)25-23(29)18-13-7-3-8-14-18)21(28)15-9-2-6-12-17-10-4-1-5-11-17/h1,3-5,7-8,10-11,13-14,19,22H,2,6,9,12,15-16H2,(H,25,29)(H,30,31)/t19-,22?/m0/s1. The largest absolute Gasteiger partial charge is 0.480 e. The van der Waals surface area contributed by atoms with Crippen molar-refractivity contribution in [1.82, 2.24) is 10.2 Å². The molecule has 2 aromatic carbocycles. The molecule has 1 aliphatic rings. The van der Waals surface area contributed by atoms with Crippen molar-refractivity contribution in [3.05, 3.63) is 71.8 Å². The molecule has 7 heteroatoms. The number of amides is 2. The topological polar surface area (TPSA) is 104 Å². The summed E-state index contributed by atoms with van der Waals surface area (Å²) in [5.41, 5.74) is 1.57. The van der Waals surface area contributed by atoms with Crippen LogP contribution in [0.25, 0.3) is 0 Å². The van der Waals surface area contributed by atoms with Crippen LogP contribution in [-0.4, -0.2) is 45.8 Å². The minimum absolute atomic E-state index is 0.129. The zero-order valence-corrected chi connectivity index (χ0v) is 17.2. The SMILES string of the molecule is O=C(NC1C(=O)C[C@@H](C(=O)O)N1C(=O)CCCCCc1ccccc1)c1ccccc1. The normalized spacial score (nSPS) is 18.1. The van der Waals surface area contributed by atoms with Gasteiger partial charge in [0.05, 0.1) is 0 Å². The van der Waals surface area contributed by atoms with E-state index in [0.717, 1.165) is 24.2 Å². The van der Waals surface area contributed by atoms with Crippen molar-refractivity contribution in [2.75, 3.05) is 0 Å². The Morgan fingerprint density at radius 3 is 2.23 bits per heavy atom. The third-order valence-electron chi connectivity index (χ3n) is 5.39. The average Bonchev–Trinajstić information content (AvgIpc) is 3.11. The van der Waals surface area contributed by atoms with Gasteiger partial charge < -0.3 is 15.3 Å². The molecule has 1 aliphatic heterocycles. The van der Waals surface area contributed by atoms with E-state index in [1.807, 2.05) is 18.2 Å². The first-order valence-electron chi connectivity index (χ1n) is 10.4. The highest BCUT2D eigenvalue weighted by molar-refractivity contribution is 6.03. The van der Waals surface area contributed by atoms with E-state index in [9.17, 15) is 24.3 Å². The van der Waals surface area contributed by atoms with Gasteiger partial charge in [0.15, 0.2) is 11.9 Å². The molecule has 2 aromatic rings. The summed E-state index contributed by atoms with van der Waals surface area (Å²) in [6.07, 6.45) is 1.77. The van der Waals surface area contributed by atoms with E-state index >= 15 is 0 Å². The average molecular weight is 422 g/mol. The molecule has 0 spiro atoms. The van der Waals surface area contributed by atoms with E-state index in [2.05, 4.69) is 17.4 Å². The van der Waals surface area contributed by atoms with E-state index in [1.54, 1.807) is 30.3 Å². The molecule has 7 nitrogen and oxygen atoms in total. The summed E-state index contributed by atoms with van der Waals surface area (Å²) >= 11 is 0. The van der Waals surface area contributed by atoms with Crippen molar-refractivity contribution >= 4 is 23.6 Å². The van der Waals surface area contributed by atoms with Crippen LogP contribution >= 0.6 is 0 Å². The summed E-state index contributed by atoms with van der Waals surface area (Å²) in [6.45, 7) is 0. The number of nitrogens with zero attached hydrogens (tertiary/aromatic N) is 1. The lowest BCUT2D eigenvalue weighted by molar-refractivity contribution is -0.150. The second kappa shape index (κ2) is 10.5. The zero-order valence-electron chi connectivity index (χ0n) is 17.2. The number of ketones is 1. The van der Waals surface area contributed by atoms with Crippen LogP contribution in [0.5, 0.6) is 0 Å². The summed E-state index contributed by atoms with van der Waals surface area (Å²) in [5.74, 6) is -2.68. The third-order valence-corrected chi connectivity index (χ3v) is 5.39. The Kier molecular flexibility index (Phi) is 7.54. The quantitative estimate of drug-likeness (QED) is 0.605. The fraction of sp³-hybridized carbons (Fsp3) is 0.333.